The van der Waals surface area contributed by atoms with Crippen LogP contribution in [0, 0.1) is 12.8 Å². The Balaban J connectivity index is 1.27. The van der Waals surface area contributed by atoms with E-state index in [2.05, 4.69) is 17.0 Å². The van der Waals surface area contributed by atoms with Crippen molar-refractivity contribution in [1.82, 2.24) is 4.90 Å². The van der Waals surface area contributed by atoms with Crippen LogP contribution in [-0.4, -0.2) is 43.2 Å². The number of benzene rings is 3. The highest BCUT2D eigenvalue weighted by molar-refractivity contribution is 6.37. The van der Waals surface area contributed by atoms with Gasteiger partial charge in [0.25, 0.3) is 0 Å². The summed E-state index contributed by atoms with van der Waals surface area (Å²) in [5.74, 6) is 1.12. The fraction of sp³-hybridized carbons (Fsp3) is 0.367. The lowest BCUT2D eigenvalue weighted by Gasteiger charge is -2.27. The van der Waals surface area contributed by atoms with Crippen molar-refractivity contribution >= 4 is 29.1 Å². The fourth-order valence-corrected chi connectivity index (χ4v) is 5.10. The number of amides is 1. The Morgan fingerprint density at radius 1 is 0.973 bits per heavy atom. The largest absolute Gasteiger partial charge is 0.490 e. The van der Waals surface area contributed by atoms with Gasteiger partial charge in [-0.25, -0.2) is 0 Å². The molecule has 3 aromatic carbocycles. The highest BCUT2D eigenvalue weighted by Crippen LogP contribution is 2.34. The molecular formula is C30H34Cl2N2O3. The highest BCUT2D eigenvalue weighted by atomic mass is 35.5. The normalized spacial score (nSPS) is 13.7. The zero-order valence-electron chi connectivity index (χ0n) is 21.2. The topological polar surface area (TPSA) is 64.8 Å². The summed E-state index contributed by atoms with van der Waals surface area (Å²) in [7, 11) is 0. The number of nitrogens with zero attached hydrogens (tertiary/aromatic N) is 1. The number of hydrogen-bond donors (Lipinski definition) is 1. The van der Waals surface area contributed by atoms with E-state index >= 15 is 0 Å². The lowest BCUT2D eigenvalue weighted by molar-refractivity contribution is -0.135. The van der Waals surface area contributed by atoms with Crippen molar-refractivity contribution in [1.29, 1.82) is 0 Å². The molecule has 1 atom stereocenters. The van der Waals surface area contributed by atoms with E-state index in [4.69, 9.17) is 38.4 Å². The first-order valence-corrected chi connectivity index (χ1v) is 13.5. The minimum absolute atomic E-state index is 0.159. The van der Waals surface area contributed by atoms with E-state index in [0.717, 1.165) is 42.7 Å². The van der Waals surface area contributed by atoms with Gasteiger partial charge in [-0.2, -0.15) is 0 Å². The van der Waals surface area contributed by atoms with Gasteiger partial charge in [-0.3, -0.25) is 4.79 Å². The molecule has 1 aliphatic rings. The smallest absolute Gasteiger partial charge is 0.227 e. The number of carbonyl (C=O) groups is 1. The monoisotopic (exact) mass is 540 g/mol. The van der Waals surface area contributed by atoms with Gasteiger partial charge in [-0.15, -0.1) is 0 Å². The van der Waals surface area contributed by atoms with Crippen LogP contribution in [0.25, 0.3) is 0 Å². The van der Waals surface area contributed by atoms with Crippen LogP contribution < -0.4 is 15.2 Å². The number of ether oxygens (including phenoxy) is 2. The first kappa shape index (κ1) is 27.3. The second-order valence-electron chi connectivity index (χ2n) is 9.53. The number of carbonyl (C=O) groups excluding carboxylic acids is 1. The predicted molar refractivity (Wildman–Crippen MR) is 150 cm³/mol. The van der Waals surface area contributed by atoms with Gasteiger partial charge in [-0.05, 0) is 73.6 Å². The van der Waals surface area contributed by atoms with E-state index in [1.165, 1.54) is 5.56 Å². The molecule has 7 heteroatoms. The van der Waals surface area contributed by atoms with Crippen LogP contribution >= 0.6 is 23.2 Å². The number of aryl methyl sites for hydroxylation is 1. The van der Waals surface area contributed by atoms with E-state index < -0.39 is 0 Å². The van der Waals surface area contributed by atoms with Crippen molar-refractivity contribution in [2.75, 3.05) is 26.3 Å². The van der Waals surface area contributed by atoms with E-state index in [0.29, 0.717) is 48.0 Å². The van der Waals surface area contributed by atoms with Crippen LogP contribution in [0.4, 0.5) is 0 Å². The van der Waals surface area contributed by atoms with E-state index in [1.54, 1.807) is 0 Å². The molecule has 196 valence electrons. The third-order valence-electron chi connectivity index (χ3n) is 6.54. The van der Waals surface area contributed by atoms with Crippen molar-refractivity contribution in [3.05, 3.63) is 93.5 Å². The molecule has 1 unspecified atom stereocenters. The molecule has 0 spiro atoms. The molecule has 0 aromatic heterocycles. The van der Waals surface area contributed by atoms with Crippen molar-refractivity contribution in [3.63, 3.8) is 0 Å². The van der Waals surface area contributed by atoms with Crippen molar-refractivity contribution in [3.8, 4) is 11.5 Å². The minimum atomic E-state index is -0.236. The Hall–Kier alpha value is -2.73. The van der Waals surface area contributed by atoms with Crippen LogP contribution in [0.1, 0.15) is 29.5 Å². The average Bonchev–Trinajstić information content (AvgIpc) is 3.73. The SMILES string of the molecule is Cc1cc(Cl)c(OCCOc2ccc(CC(CN)C(=O)N(CCc3ccccc3)C3CC3)cc2)c(Cl)c1. The van der Waals surface area contributed by atoms with Gasteiger partial charge in [0.15, 0.2) is 5.75 Å². The molecule has 1 amide bonds. The standard InChI is InChI=1S/C30H34Cl2N2O3/c1-21-17-27(31)29(28(32)18-21)37-16-15-36-26-11-7-23(8-12-26)19-24(20-33)30(35)34(25-9-10-25)14-13-22-5-3-2-4-6-22/h2-8,11-12,17-18,24-25H,9-10,13-16,19-20,33H2,1H3. The molecule has 1 saturated carbocycles. The molecule has 0 aliphatic heterocycles. The quantitative estimate of drug-likeness (QED) is 0.265. The number of halogens is 2. The van der Waals surface area contributed by atoms with Gasteiger partial charge in [-0.1, -0.05) is 65.7 Å². The Labute approximate surface area is 229 Å². The Bertz CT molecular complexity index is 1140. The van der Waals surface area contributed by atoms with Crippen molar-refractivity contribution < 1.29 is 14.3 Å². The maximum absolute atomic E-state index is 13.4. The predicted octanol–water partition coefficient (Wildman–Crippen LogP) is 6.11. The summed E-state index contributed by atoms with van der Waals surface area (Å²) in [6.45, 7) is 3.65. The van der Waals surface area contributed by atoms with Crippen molar-refractivity contribution in [2.45, 2.75) is 38.6 Å². The molecule has 0 radical (unpaired) electrons. The second-order valence-corrected chi connectivity index (χ2v) is 10.3. The summed E-state index contributed by atoms with van der Waals surface area (Å²) >= 11 is 12.4. The molecular weight excluding hydrogens is 507 g/mol. The summed E-state index contributed by atoms with van der Waals surface area (Å²) in [5.41, 5.74) is 9.35. The first-order valence-electron chi connectivity index (χ1n) is 12.8. The molecule has 2 N–H and O–H groups in total. The second kappa shape index (κ2) is 13.2. The van der Waals surface area contributed by atoms with E-state index in [1.807, 2.05) is 61.5 Å². The first-order chi connectivity index (χ1) is 17.9. The van der Waals surface area contributed by atoms with Crippen LogP contribution in [0.3, 0.4) is 0 Å². The number of hydrogen-bond acceptors (Lipinski definition) is 4. The highest BCUT2D eigenvalue weighted by Gasteiger charge is 2.35. The lowest BCUT2D eigenvalue weighted by atomic mass is 9.97. The van der Waals surface area contributed by atoms with Crippen molar-refractivity contribution in [2.24, 2.45) is 11.7 Å². The number of rotatable bonds is 13. The van der Waals surface area contributed by atoms with E-state index in [-0.39, 0.29) is 11.8 Å². The fourth-order valence-electron chi connectivity index (χ4n) is 4.39. The van der Waals surface area contributed by atoms with Gasteiger partial charge in [0.05, 0.1) is 16.0 Å². The van der Waals surface area contributed by atoms with Crippen LogP contribution in [0.5, 0.6) is 11.5 Å². The molecule has 0 heterocycles. The zero-order valence-corrected chi connectivity index (χ0v) is 22.7. The molecule has 1 aliphatic carbocycles. The third-order valence-corrected chi connectivity index (χ3v) is 7.10. The van der Waals surface area contributed by atoms with Gasteiger partial charge in [0.2, 0.25) is 5.91 Å². The maximum atomic E-state index is 13.4. The number of nitrogens with two attached hydrogens (primary N) is 1. The van der Waals surface area contributed by atoms with Gasteiger partial charge in [0, 0.05) is 19.1 Å². The van der Waals surface area contributed by atoms with Crippen LogP contribution in [0.15, 0.2) is 66.7 Å². The van der Waals surface area contributed by atoms with Crippen LogP contribution in [0.2, 0.25) is 10.0 Å². The summed E-state index contributed by atoms with van der Waals surface area (Å²) < 4.78 is 11.5. The maximum Gasteiger partial charge on any atom is 0.227 e. The van der Waals surface area contributed by atoms with Crippen LogP contribution in [-0.2, 0) is 17.6 Å². The summed E-state index contributed by atoms with van der Waals surface area (Å²) in [6, 6.07) is 22.1. The Kier molecular flexibility index (Phi) is 9.73. The molecule has 0 bridgehead atoms. The molecule has 3 aromatic rings. The van der Waals surface area contributed by atoms with Gasteiger partial charge in [0.1, 0.15) is 19.0 Å². The van der Waals surface area contributed by atoms with Gasteiger partial charge < -0.3 is 20.1 Å². The van der Waals surface area contributed by atoms with E-state index in [9.17, 15) is 4.79 Å². The Morgan fingerprint density at radius 3 is 2.24 bits per heavy atom. The molecule has 4 rings (SSSR count). The minimum Gasteiger partial charge on any atom is -0.490 e. The molecule has 5 nitrogen and oxygen atoms in total. The zero-order chi connectivity index (χ0) is 26.2. The third kappa shape index (κ3) is 7.88. The molecule has 1 fully saturated rings. The molecule has 0 saturated heterocycles. The lowest BCUT2D eigenvalue weighted by Crippen LogP contribution is -2.42. The summed E-state index contributed by atoms with van der Waals surface area (Å²) in [6.07, 6.45) is 3.63. The summed E-state index contributed by atoms with van der Waals surface area (Å²) in [5, 5.41) is 0.970. The summed E-state index contributed by atoms with van der Waals surface area (Å²) in [4.78, 5) is 15.4. The Morgan fingerprint density at radius 2 is 1.62 bits per heavy atom. The molecule has 37 heavy (non-hydrogen) atoms. The average molecular weight is 542 g/mol. The van der Waals surface area contributed by atoms with Gasteiger partial charge >= 0.3 is 0 Å².